The Bertz CT molecular complexity index is 547. The van der Waals surface area contributed by atoms with Crippen molar-refractivity contribution in [2.45, 2.75) is 19.6 Å². The Morgan fingerprint density at radius 1 is 1.41 bits per heavy atom. The van der Waals surface area contributed by atoms with Crippen molar-refractivity contribution in [3.05, 3.63) is 47.3 Å². The topological polar surface area (TPSA) is 50.1 Å². The Morgan fingerprint density at radius 2 is 2.24 bits per heavy atom. The minimum absolute atomic E-state index is 0.448. The van der Waals surface area contributed by atoms with Crippen molar-refractivity contribution in [2.75, 3.05) is 6.54 Å². The number of para-hydroxylation sites is 1. The van der Waals surface area contributed by atoms with Crippen LogP contribution in [0.3, 0.4) is 0 Å². The predicted octanol–water partition coefficient (Wildman–Crippen LogP) is 1.32. The summed E-state index contributed by atoms with van der Waals surface area (Å²) in [6, 6.07) is 8.11. The molecule has 4 nitrogen and oxygen atoms in total. The number of aromatic nitrogens is 2. The number of nitrogens with zero attached hydrogens (tertiary/aromatic N) is 2. The van der Waals surface area contributed by atoms with Crippen LogP contribution in [0, 0.1) is 6.92 Å². The molecule has 0 saturated heterocycles. The van der Waals surface area contributed by atoms with Gasteiger partial charge in [0.05, 0.1) is 17.5 Å². The second-order valence-electron chi connectivity index (χ2n) is 4.41. The molecule has 0 amide bonds. The number of nitrogens with one attached hydrogen (secondary N) is 1. The number of aryl methyl sites for hydroxylation is 1. The normalized spacial score (nSPS) is 19.1. The fraction of sp³-hybridized carbons (Fsp3) is 0.308. The average molecular weight is 229 g/mol. The highest BCUT2D eigenvalue weighted by molar-refractivity contribution is 5.40. The molecule has 1 aliphatic rings. The second kappa shape index (κ2) is 3.98. The van der Waals surface area contributed by atoms with Gasteiger partial charge in [-0.2, -0.15) is 5.10 Å². The van der Waals surface area contributed by atoms with E-state index in [1.165, 1.54) is 5.56 Å². The molecule has 17 heavy (non-hydrogen) atoms. The minimum Gasteiger partial charge on any atom is -0.387 e. The Kier molecular flexibility index (Phi) is 2.46. The molecule has 4 heteroatoms. The Hall–Kier alpha value is -1.65. The molecule has 1 aromatic carbocycles. The lowest BCUT2D eigenvalue weighted by Gasteiger charge is -2.16. The second-order valence-corrected chi connectivity index (χ2v) is 4.41. The van der Waals surface area contributed by atoms with Crippen molar-refractivity contribution in [1.82, 2.24) is 15.1 Å². The van der Waals surface area contributed by atoms with Crippen molar-refractivity contribution in [2.24, 2.45) is 0 Å². The SMILES string of the molecule is Cc1ccccc1-n1cc2c(n1)CNCC2O. The number of benzene rings is 1. The molecule has 1 unspecified atom stereocenters. The summed E-state index contributed by atoms with van der Waals surface area (Å²) < 4.78 is 1.86. The molecule has 2 N–H and O–H groups in total. The van der Waals surface area contributed by atoms with E-state index in [2.05, 4.69) is 23.4 Å². The fourth-order valence-electron chi connectivity index (χ4n) is 2.22. The number of hydrogen-bond acceptors (Lipinski definition) is 3. The molecular formula is C13H15N3O. The molecule has 88 valence electrons. The molecule has 0 aliphatic carbocycles. The van der Waals surface area contributed by atoms with E-state index in [1.807, 2.05) is 29.1 Å². The zero-order chi connectivity index (χ0) is 11.8. The van der Waals surface area contributed by atoms with Crippen LogP contribution in [0.4, 0.5) is 0 Å². The van der Waals surface area contributed by atoms with E-state index in [1.54, 1.807) is 0 Å². The molecule has 0 spiro atoms. The Balaban J connectivity index is 2.08. The van der Waals surface area contributed by atoms with Crippen molar-refractivity contribution in [3.63, 3.8) is 0 Å². The highest BCUT2D eigenvalue weighted by Gasteiger charge is 2.21. The van der Waals surface area contributed by atoms with Gasteiger partial charge >= 0.3 is 0 Å². The zero-order valence-corrected chi connectivity index (χ0v) is 9.72. The molecule has 0 saturated carbocycles. The van der Waals surface area contributed by atoms with Crippen LogP contribution >= 0.6 is 0 Å². The van der Waals surface area contributed by atoms with Crippen molar-refractivity contribution < 1.29 is 5.11 Å². The van der Waals surface area contributed by atoms with Gasteiger partial charge in [0, 0.05) is 24.8 Å². The third-order valence-electron chi connectivity index (χ3n) is 3.17. The largest absolute Gasteiger partial charge is 0.387 e. The summed E-state index contributed by atoms with van der Waals surface area (Å²) in [5, 5.41) is 17.5. The van der Waals surface area contributed by atoms with Gasteiger partial charge in [-0.25, -0.2) is 4.68 Å². The van der Waals surface area contributed by atoms with Crippen LogP contribution in [0.15, 0.2) is 30.5 Å². The predicted molar refractivity (Wildman–Crippen MR) is 65.0 cm³/mol. The first kappa shape index (κ1) is 10.5. The summed E-state index contributed by atoms with van der Waals surface area (Å²) in [5.74, 6) is 0. The summed E-state index contributed by atoms with van der Waals surface area (Å²) >= 11 is 0. The Morgan fingerprint density at radius 3 is 3.00 bits per heavy atom. The van der Waals surface area contributed by atoms with Gasteiger partial charge in [-0.15, -0.1) is 0 Å². The number of aliphatic hydroxyl groups is 1. The van der Waals surface area contributed by atoms with Crippen LogP contribution in [0.5, 0.6) is 0 Å². The van der Waals surface area contributed by atoms with Gasteiger partial charge < -0.3 is 10.4 Å². The molecule has 1 atom stereocenters. The van der Waals surface area contributed by atoms with E-state index >= 15 is 0 Å². The van der Waals surface area contributed by atoms with Gasteiger partial charge in [-0.1, -0.05) is 18.2 Å². The van der Waals surface area contributed by atoms with Gasteiger partial charge in [-0.05, 0) is 18.6 Å². The fourth-order valence-corrected chi connectivity index (χ4v) is 2.22. The number of hydrogen-bond donors (Lipinski definition) is 2. The van der Waals surface area contributed by atoms with Gasteiger partial charge in [0.15, 0.2) is 0 Å². The molecule has 0 radical (unpaired) electrons. The van der Waals surface area contributed by atoms with Crippen LogP contribution in [-0.4, -0.2) is 21.4 Å². The summed E-state index contributed by atoms with van der Waals surface area (Å²) in [5.41, 5.74) is 4.11. The van der Waals surface area contributed by atoms with E-state index in [9.17, 15) is 5.11 Å². The highest BCUT2D eigenvalue weighted by atomic mass is 16.3. The van der Waals surface area contributed by atoms with E-state index < -0.39 is 6.10 Å². The third kappa shape index (κ3) is 1.75. The molecule has 1 aliphatic heterocycles. The van der Waals surface area contributed by atoms with Crippen LogP contribution in [0.25, 0.3) is 5.69 Å². The van der Waals surface area contributed by atoms with Gasteiger partial charge in [0.2, 0.25) is 0 Å². The van der Waals surface area contributed by atoms with Gasteiger partial charge in [0.1, 0.15) is 0 Å². The lowest BCUT2D eigenvalue weighted by atomic mass is 10.1. The van der Waals surface area contributed by atoms with E-state index in [4.69, 9.17) is 0 Å². The maximum atomic E-state index is 9.88. The number of aliphatic hydroxyl groups excluding tert-OH is 1. The molecule has 2 heterocycles. The van der Waals surface area contributed by atoms with Crippen LogP contribution in [0.1, 0.15) is 22.9 Å². The lowest BCUT2D eigenvalue weighted by molar-refractivity contribution is 0.165. The van der Waals surface area contributed by atoms with Crippen molar-refractivity contribution in [1.29, 1.82) is 0 Å². The van der Waals surface area contributed by atoms with E-state index in [0.717, 1.165) is 23.5 Å². The quantitative estimate of drug-likeness (QED) is 0.775. The molecule has 0 fully saturated rings. The van der Waals surface area contributed by atoms with Crippen molar-refractivity contribution >= 4 is 0 Å². The summed E-state index contributed by atoms with van der Waals surface area (Å²) in [7, 11) is 0. The lowest BCUT2D eigenvalue weighted by Crippen LogP contribution is -2.27. The highest BCUT2D eigenvalue weighted by Crippen LogP contribution is 2.23. The Labute approximate surface area is 99.9 Å². The summed E-state index contributed by atoms with van der Waals surface area (Å²) in [6.45, 7) is 3.39. The van der Waals surface area contributed by atoms with Crippen molar-refractivity contribution in [3.8, 4) is 5.69 Å². The molecular weight excluding hydrogens is 214 g/mol. The monoisotopic (exact) mass is 229 g/mol. The zero-order valence-electron chi connectivity index (χ0n) is 9.72. The van der Waals surface area contributed by atoms with E-state index in [-0.39, 0.29) is 0 Å². The molecule has 0 bridgehead atoms. The van der Waals surface area contributed by atoms with Gasteiger partial charge in [-0.3, -0.25) is 0 Å². The number of β-amino-alcohol motifs (C(OH)–C–C–N with tert-alkyl or cyclic N) is 1. The molecule has 2 aromatic rings. The minimum atomic E-state index is -0.448. The van der Waals surface area contributed by atoms with E-state index in [0.29, 0.717) is 6.54 Å². The number of rotatable bonds is 1. The summed E-state index contributed by atoms with van der Waals surface area (Å²) in [4.78, 5) is 0. The smallest absolute Gasteiger partial charge is 0.0948 e. The maximum absolute atomic E-state index is 9.88. The maximum Gasteiger partial charge on any atom is 0.0948 e. The summed E-state index contributed by atoms with van der Waals surface area (Å²) in [6.07, 6.45) is 1.49. The first-order valence-electron chi connectivity index (χ1n) is 5.79. The molecule has 3 rings (SSSR count). The first-order valence-corrected chi connectivity index (χ1v) is 5.79. The third-order valence-corrected chi connectivity index (χ3v) is 3.17. The van der Waals surface area contributed by atoms with Crippen LogP contribution in [0.2, 0.25) is 0 Å². The average Bonchev–Trinajstić information content (AvgIpc) is 2.75. The number of fused-ring (bicyclic) bond motifs is 1. The van der Waals surface area contributed by atoms with Crippen LogP contribution in [-0.2, 0) is 6.54 Å². The molecule has 1 aromatic heterocycles. The standard InChI is InChI=1S/C13H15N3O/c1-9-4-2-3-5-12(9)16-8-10-11(15-16)6-14-7-13(10)17/h2-5,8,13-14,17H,6-7H2,1H3. The van der Waals surface area contributed by atoms with Gasteiger partial charge in [0.25, 0.3) is 0 Å². The first-order chi connectivity index (χ1) is 8.25. The van der Waals surface area contributed by atoms with Crippen LogP contribution < -0.4 is 5.32 Å².